The molecule has 7 heteroatoms. The Labute approximate surface area is 128 Å². The summed E-state index contributed by atoms with van der Waals surface area (Å²) in [7, 11) is 0. The van der Waals surface area contributed by atoms with E-state index in [0.29, 0.717) is 11.4 Å². The molecule has 1 aliphatic rings. The molecule has 0 aliphatic carbocycles. The van der Waals surface area contributed by atoms with Crippen LogP contribution in [0.1, 0.15) is 11.1 Å². The van der Waals surface area contributed by atoms with Crippen molar-refractivity contribution in [3.63, 3.8) is 0 Å². The molecule has 0 atom stereocenters. The SMILES string of the molecule is Cc1cccc(-n2nnn(CN3CCOCC3)c2=S)c1C. The molecule has 21 heavy (non-hydrogen) atoms. The molecule has 0 radical (unpaired) electrons. The maximum absolute atomic E-state index is 5.52. The maximum Gasteiger partial charge on any atom is 0.221 e. The summed E-state index contributed by atoms with van der Waals surface area (Å²) in [5.74, 6) is 0. The van der Waals surface area contributed by atoms with Gasteiger partial charge in [-0.2, -0.15) is 4.68 Å². The second kappa shape index (κ2) is 6.05. The number of aromatic nitrogens is 4. The minimum absolute atomic E-state index is 0.621. The van der Waals surface area contributed by atoms with Gasteiger partial charge in [-0.25, -0.2) is 4.68 Å². The molecule has 1 fully saturated rings. The van der Waals surface area contributed by atoms with Gasteiger partial charge in [0.15, 0.2) is 0 Å². The fourth-order valence-electron chi connectivity index (χ4n) is 2.41. The first-order chi connectivity index (χ1) is 10.2. The zero-order chi connectivity index (χ0) is 14.8. The third kappa shape index (κ3) is 2.90. The summed E-state index contributed by atoms with van der Waals surface area (Å²) in [6, 6.07) is 6.12. The minimum atomic E-state index is 0.621. The Kier molecular flexibility index (Phi) is 4.14. The second-order valence-corrected chi connectivity index (χ2v) is 5.63. The van der Waals surface area contributed by atoms with Crippen LogP contribution in [0.2, 0.25) is 0 Å². The van der Waals surface area contributed by atoms with E-state index in [1.807, 2.05) is 12.1 Å². The lowest BCUT2D eigenvalue weighted by atomic mass is 10.1. The predicted octanol–water partition coefficient (Wildman–Crippen LogP) is 1.70. The van der Waals surface area contributed by atoms with Gasteiger partial charge in [0.1, 0.15) is 0 Å². The molecule has 3 rings (SSSR count). The Hall–Kier alpha value is -1.57. The molecule has 112 valence electrons. The third-order valence-corrected chi connectivity index (χ3v) is 4.26. The van der Waals surface area contributed by atoms with Crippen LogP contribution in [-0.4, -0.2) is 51.0 Å². The Morgan fingerprint density at radius 1 is 1.19 bits per heavy atom. The molecule has 0 N–H and O–H groups in total. The van der Waals surface area contributed by atoms with E-state index in [1.165, 1.54) is 11.1 Å². The van der Waals surface area contributed by atoms with E-state index >= 15 is 0 Å². The molecule has 2 aromatic rings. The van der Waals surface area contributed by atoms with E-state index in [1.54, 1.807) is 9.36 Å². The van der Waals surface area contributed by atoms with Gasteiger partial charge in [0.25, 0.3) is 0 Å². The molecular formula is C14H19N5OS. The standard InChI is InChI=1S/C14H19N5OS/c1-11-4-3-5-13(12(11)2)19-14(21)18(15-16-19)10-17-6-8-20-9-7-17/h3-5H,6-10H2,1-2H3. The number of aryl methyl sites for hydroxylation is 1. The molecule has 1 aliphatic heterocycles. The van der Waals surface area contributed by atoms with Gasteiger partial charge in [-0.05, 0) is 53.7 Å². The quantitative estimate of drug-likeness (QED) is 0.808. The molecule has 0 amide bonds. The number of rotatable bonds is 3. The highest BCUT2D eigenvalue weighted by atomic mass is 32.1. The monoisotopic (exact) mass is 305 g/mol. The molecule has 1 aromatic heterocycles. The first-order valence-corrected chi connectivity index (χ1v) is 7.47. The average molecular weight is 305 g/mol. The number of tetrazole rings is 1. The van der Waals surface area contributed by atoms with Gasteiger partial charge < -0.3 is 4.74 Å². The van der Waals surface area contributed by atoms with Crippen LogP contribution in [0.3, 0.4) is 0 Å². The van der Waals surface area contributed by atoms with Gasteiger partial charge in [0.05, 0.1) is 25.6 Å². The van der Waals surface area contributed by atoms with Crippen molar-refractivity contribution < 1.29 is 4.74 Å². The summed E-state index contributed by atoms with van der Waals surface area (Å²) in [5, 5.41) is 8.42. The van der Waals surface area contributed by atoms with Gasteiger partial charge >= 0.3 is 0 Å². The zero-order valence-electron chi connectivity index (χ0n) is 12.3. The smallest absolute Gasteiger partial charge is 0.221 e. The Balaban J connectivity index is 1.88. The van der Waals surface area contributed by atoms with Crippen molar-refractivity contribution in [1.82, 2.24) is 24.7 Å². The summed E-state index contributed by atoms with van der Waals surface area (Å²) in [4.78, 5) is 2.27. The molecule has 0 saturated carbocycles. The van der Waals surface area contributed by atoms with Crippen LogP contribution >= 0.6 is 12.2 Å². The number of benzene rings is 1. The molecule has 1 aromatic carbocycles. The Morgan fingerprint density at radius 3 is 2.71 bits per heavy atom. The molecule has 1 saturated heterocycles. The van der Waals surface area contributed by atoms with E-state index in [4.69, 9.17) is 17.0 Å². The lowest BCUT2D eigenvalue weighted by Crippen LogP contribution is -2.37. The molecule has 0 spiro atoms. The molecule has 6 nitrogen and oxygen atoms in total. The van der Waals surface area contributed by atoms with Crippen LogP contribution in [0.4, 0.5) is 0 Å². The number of morpholine rings is 1. The van der Waals surface area contributed by atoms with Gasteiger partial charge in [0.2, 0.25) is 4.77 Å². The number of hydrogen-bond donors (Lipinski definition) is 0. The van der Waals surface area contributed by atoms with E-state index in [9.17, 15) is 0 Å². The van der Waals surface area contributed by atoms with Crippen molar-refractivity contribution in [1.29, 1.82) is 0 Å². The summed E-state index contributed by atoms with van der Waals surface area (Å²) < 4.78 is 9.47. The zero-order valence-corrected chi connectivity index (χ0v) is 13.1. The summed E-state index contributed by atoms with van der Waals surface area (Å²) in [6.45, 7) is 8.15. The van der Waals surface area contributed by atoms with Gasteiger partial charge in [-0.1, -0.05) is 12.1 Å². The molecule has 0 unspecified atom stereocenters. The summed E-state index contributed by atoms with van der Waals surface area (Å²) in [6.07, 6.45) is 0. The van der Waals surface area contributed by atoms with Crippen molar-refractivity contribution in [2.75, 3.05) is 26.3 Å². The van der Waals surface area contributed by atoms with Gasteiger partial charge in [0, 0.05) is 13.1 Å². The number of nitrogens with zero attached hydrogens (tertiary/aromatic N) is 5. The van der Waals surface area contributed by atoms with Crippen LogP contribution in [0, 0.1) is 18.6 Å². The first-order valence-electron chi connectivity index (χ1n) is 7.06. The number of ether oxygens (including phenoxy) is 1. The Morgan fingerprint density at radius 2 is 1.95 bits per heavy atom. The normalized spacial score (nSPS) is 16.3. The highest BCUT2D eigenvalue weighted by molar-refractivity contribution is 7.71. The van der Waals surface area contributed by atoms with Crippen LogP contribution in [-0.2, 0) is 11.4 Å². The van der Waals surface area contributed by atoms with Gasteiger partial charge in [-0.15, -0.1) is 0 Å². The average Bonchev–Trinajstić information content (AvgIpc) is 2.84. The van der Waals surface area contributed by atoms with Crippen molar-refractivity contribution in [2.24, 2.45) is 0 Å². The van der Waals surface area contributed by atoms with Crippen molar-refractivity contribution in [3.05, 3.63) is 34.1 Å². The lowest BCUT2D eigenvalue weighted by molar-refractivity contribution is 0.0207. The maximum atomic E-state index is 5.52. The highest BCUT2D eigenvalue weighted by Gasteiger charge is 2.14. The largest absolute Gasteiger partial charge is 0.379 e. The number of hydrogen-bond acceptors (Lipinski definition) is 5. The predicted molar refractivity (Wildman–Crippen MR) is 82.0 cm³/mol. The van der Waals surface area contributed by atoms with Crippen molar-refractivity contribution >= 4 is 12.2 Å². The summed E-state index contributed by atoms with van der Waals surface area (Å²) >= 11 is 5.52. The summed E-state index contributed by atoms with van der Waals surface area (Å²) in [5.41, 5.74) is 3.39. The Bertz CT molecular complexity index is 687. The highest BCUT2D eigenvalue weighted by Crippen LogP contribution is 2.16. The first kappa shape index (κ1) is 14.4. The van der Waals surface area contributed by atoms with Gasteiger partial charge in [-0.3, -0.25) is 4.90 Å². The van der Waals surface area contributed by atoms with E-state index in [0.717, 1.165) is 32.0 Å². The fraction of sp³-hybridized carbons (Fsp3) is 0.500. The molecular weight excluding hydrogens is 286 g/mol. The van der Waals surface area contributed by atoms with E-state index in [2.05, 4.69) is 35.2 Å². The topological polar surface area (TPSA) is 48.1 Å². The second-order valence-electron chi connectivity index (χ2n) is 5.26. The van der Waals surface area contributed by atoms with Crippen molar-refractivity contribution in [2.45, 2.75) is 20.5 Å². The fourth-order valence-corrected chi connectivity index (χ4v) is 2.64. The minimum Gasteiger partial charge on any atom is -0.379 e. The van der Waals surface area contributed by atoms with E-state index < -0.39 is 0 Å². The van der Waals surface area contributed by atoms with Crippen LogP contribution in [0.15, 0.2) is 18.2 Å². The van der Waals surface area contributed by atoms with Crippen LogP contribution in [0.25, 0.3) is 5.69 Å². The van der Waals surface area contributed by atoms with E-state index in [-0.39, 0.29) is 0 Å². The molecule has 0 bridgehead atoms. The van der Waals surface area contributed by atoms with Crippen LogP contribution in [0.5, 0.6) is 0 Å². The van der Waals surface area contributed by atoms with Crippen LogP contribution < -0.4 is 0 Å². The molecule has 2 heterocycles. The van der Waals surface area contributed by atoms with Crippen molar-refractivity contribution in [3.8, 4) is 5.69 Å². The lowest BCUT2D eigenvalue weighted by Gasteiger charge is -2.25. The third-order valence-electron chi connectivity index (χ3n) is 3.88.